The van der Waals surface area contributed by atoms with Crippen molar-refractivity contribution in [3.63, 3.8) is 0 Å². The van der Waals surface area contributed by atoms with Gasteiger partial charge in [-0.05, 0) is 61.4 Å². The molecule has 0 heterocycles. The van der Waals surface area contributed by atoms with Crippen LogP contribution < -0.4 is 9.62 Å². The third-order valence-electron chi connectivity index (χ3n) is 5.20. The molecular formula is C21H23Cl3N2O3S. The van der Waals surface area contributed by atoms with Crippen LogP contribution in [0.15, 0.2) is 30.3 Å². The zero-order chi connectivity index (χ0) is 22.1. The van der Waals surface area contributed by atoms with E-state index >= 15 is 0 Å². The second kappa shape index (κ2) is 9.35. The van der Waals surface area contributed by atoms with Crippen molar-refractivity contribution in [2.45, 2.75) is 38.6 Å². The molecule has 5 nitrogen and oxygen atoms in total. The van der Waals surface area contributed by atoms with Gasteiger partial charge in [0, 0.05) is 0 Å². The Labute approximate surface area is 192 Å². The van der Waals surface area contributed by atoms with Crippen LogP contribution in [0.4, 0.5) is 5.69 Å². The monoisotopic (exact) mass is 488 g/mol. The van der Waals surface area contributed by atoms with Gasteiger partial charge in [0.05, 0.1) is 33.1 Å². The third kappa shape index (κ3) is 5.41. The van der Waals surface area contributed by atoms with Crippen molar-refractivity contribution in [3.8, 4) is 0 Å². The highest BCUT2D eigenvalue weighted by molar-refractivity contribution is 7.92. The first kappa shape index (κ1) is 23.2. The molecule has 0 bridgehead atoms. The number of halogens is 3. The lowest BCUT2D eigenvalue weighted by atomic mass is 9.89. The highest BCUT2D eigenvalue weighted by Crippen LogP contribution is 2.35. The van der Waals surface area contributed by atoms with Crippen LogP contribution in [0.25, 0.3) is 0 Å². The minimum atomic E-state index is -3.79. The van der Waals surface area contributed by atoms with Gasteiger partial charge in [-0.25, -0.2) is 8.42 Å². The summed E-state index contributed by atoms with van der Waals surface area (Å²) in [5, 5.41) is 3.31. The normalized spacial score (nSPS) is 14.7. The first-order valence-electron chi connectivity index (χ1n) is 9.59. The molecule has 1 aliphatic rings. The number of nitrogens with one attached hydrogen (secondary N) is 1. The largest absolute Gasteiger partial charge is 0.348 e. The summed E-state index contributed by atoms with van der Waals surface area (Å²) < 4.78 is 25.6. The number of benzene rings is 2. The fourth-order valence-electron chi connectivity index (χ4n) is 3.61. The molecule has 0 saturated heterocycles. The summed E-state index contributed by atoms with van der Waals surface area (Å²) in [6, 6.07) is 8.68. The van der Waals surface area contributed by atoms with E-state index in [0.717, 1.165) is 29.0 Å². The van der Waals surface area contributed by atoms with E-state index in [0.29, 0.717) is 0 Å². The molecule has 1 N–H and O–H groups in total. The molecule has 2 aromatic carbocycles. The summed E-state index contributed by atoms with van der Waals surface area (Å²) in [5.74, 6) is -0.451. The Morgan fingerprint density at radius 3 is 2.33 bits per heavy atom. The van der Waals surface area contributed by atoms with Gasteiger partial charge in [-0.15, -0.1) is 0 Å². The van der Waals surface area contributed by atoms with E-state index in [1.165, 1.54) is 36.1 Å². The minimum absolute atomic E-state index is 0.0883. The van der Waals surface area contributed by atoms with Gasteiger partial charge in [0.1, 0.15) is 6.54 Å². The Bertz CT molecular complexity index is 1070. The molecule has 0 aromatic heterocycles. The Balaban J connectivity index is 1.78. The van der Waals surface area contributed by atoms with Crippen molar-refractivity contribution in [2.75, 3.05) is 17.1 Å². The Morgan fingerprint density at radius 1 is 1.03 bits per heavy atom. The van der Waals surface area contributed by atoms with Crippen molar-refractivity contribution in [2.24, 2.45) is 0 Å². The molecule has 162 valence electrons. The number of hydrogen-bond acceptors (Lipinski definition) is 3. The van der Waals surface area contributed by atoms with E-state index in [-0.39, 0.29) is 26.8 Å². The van der Waals surface area contributed by atoms with E-state index < -0.39 is 22.5 Å². The number of nitrogens with zero attached hydrogens (tertiary/aromatic N) is 1. The van der Waals surface area contributed by atoms with Gasteiger partial charge in [0.2, 0.25) is 15.9 Å². The molecule has 2 aromatic rings. The van der Waals surface area contributed by atoms with Crippen molar-refractivity contribution in [1.29, 1.82) is 0 Å². The SMILES string of the molecule is CC(NC(=O)CN(c1cc(Cl)c(Cl)cc1Cl)S(C)(=O)=O)c1ccc2c(c1)CCCC2. The van der Waals surface area contributed by atoms with Gasteiger partial charge < -0.3 is 5.32 Å². The maximum absolute atomic E-state index is 12.7. The number of amides is 1. The van der Waals surface area contributed by atoms with Crippen molar-refractivity contribution >= 4 is 56.4 Å². The Kier molecular flexibility index (Phi) is 7.23. The number of carbonyl (C=O) groups is 1. The summed E-state index contributed by atoms with van der Waals surface area (Å²) in [7, 11) is -3.79. The molecule has 1 aliphatic carbocycles. The zero-order valence-corrected chi connectivity index (χ0v) is 19.8. The molecule has 0 radical (unpaired) electrons. The van der Waals surface area contributed by atoms with Crippen molar-refractivity contribution in [3.05, 3.63) is 62.1 Å². The summed E-state index contributed by atoms with van der Waals surface area (Å²) in [5.41, 5.74) is 3.77. The van der Waals surface area contributed by atoms with Crippen LogP contribution in [0.5, 0.6) is 0 Å². The maximum atomic E-state index is 12.7. The second-order valence-electron chi connectivity index (χ2n) is 7.51. The number of aryl methyl sites for hydroxylation is 2. The third-order valence-corrected chi connectivity index (χ3v) is 7.35. The van der Waals surface area contributed by atoms with Crippen LogP contribution in [-0.2, 0) is 27.7 Å². The van der Waals surface area contributed by atoms with Gasteiger partial charge in [0.15, 0.2) is 0 Å². The van der Waals surface area contributed by atoms with Crippen molar-refractivity contribution in [1.82, 2.24) is 5.32 Å². The predicted octanol–water partition coefficient (Wildman–Crippen LogP) is 5.17. The highest BCUT2D eigenvalue weighted by atomic mass is 35.5. The minimum Gasteiger partial charge on any atom is -0.348 e. The summed E-state index contributed by atoms with van der Waals surface area (Å²) in [4.78, 5) is 12.7. The summed E-state index contributed by atoms with van der Waals surface area (Å²) in [6.07, 6.45) is 5.51. The molecule has 1 atom stereocenters. The van der Waals surface area contributed by atoms with E-state index in [9.17, 15) is 13.2 Å². The van der Waals surface area contributed by atoms with E-state index in [2.05, 4.69) is 17.4 Å². The van der Waals surface area contributed by atoms with Gasteiger partial charge in [0.25, 0.3) is 0 Å². The number of carbonyl (C=O) groups excluding carboxylic acids is 1. The molecule has 1 amide bonds. The average molecular weight is 490 g/mol. The van der Waals surface area contributed by atoms with Crippen molar-refractivity contribution < 1.29 is 13.2 Å². The molecule has 0 saturated carbocycles. The number of fused-ring (bicyclic) bond motifs is 1. The van der Waals surface area contributed by atoms with Crippen LogP contribution in [0.1, 0.15) is 42.5 Å². The first-order chi connectivity index (χ1) is 14.1. The lowest BCUT2D eigenvalue weighted by molar-refractivity contribution is -0.120. The van der Waals surface area contributed by atoms with Crippen LogP contribution in [0.3, 0.4) is 0 Å². The number of anilines is 1. The second-order valence-corrected chi connectivity index (χ2v) is 10.6. The van der Waals surface area contributed by atoms with Gasteiger partial charge >= 0.3 is 0 Å². The van der Waals surface area contributed by atoms with E-state index in [4.69, 9.17) is 34.8 Å². The number of sulfonamides is 1. The molecule has 3 rings (SSSR count). The first-order valence-corrected chi connectivity index (χ1v) is 12.6. The summed E-state index contributed by atoms with van der Waals surface area (Å²) in [6.45, 7) is 1.45. The van der Waals surface area contributed by atoms with Crippen LogP contribution >= 0.6 is 34.8 Å². The molecule has 0 spiro atoms. The topological polar surface area (TPSA) is 66.5 Å². The van der Waals surface area contributed by atoms with E-state index in [1.54, 1.807) is 0 Å². The van der Waals surface area contributed by atoms with Gasteiger partial charge in [-0.3, -0.25) is 9.10 Å². The van der Waals surface area contributed by atoms with Crippen LogP contribution in [0, 0.1) is 0 Å². The van der Waals surface area contributed by atoms with Crippen LogP contribution in [-0.4, -0.2) is 27.1 Å². The molecule has 1 unspecified atom stereocenters. The van der Waals surface area contributed by atoms with E-state index in [1.807, 2.05) is 13.0 Å². The van der Waals surface area contributed by atoms with Crippen LogP contribution in [0.2, 0.25) is 15.1 Å². The average Bonchev–Trinajstić information content (AvgIpc) is 2.68. The molecule has 9 heteroatoms. The van der Waals surface area contributed by atoms with Gasteiger partial charge in [-0.2, -0.15) is 0 Å². The van der Waals surface area contributed by atoms with Gasteiger partial charge in [-0.1, -0.05) is 53.0 Å². The lowest BCUT2D eigenvalue weighted by Crippen LogP contribution is -2.41. The molecule has 30 heavy (non-hydrogen) atoms. The zero-order valence-electron chi connectivity index (χ0n) is 16.7. The standard InChI is InChI=1S/C21H23Cl3N2O3S/c1-13(15-8-7-14-5-3-4-6-16(14)9-15)25-21(27)12-26(30(2,28)29)20-11-18(23)17(22)10-19(20)24/h7-11,13H,3-6,12H2,1-2H3,(H,25,27). The predicted molar refractivity (Wildman–Crippen MR) is 123 cm³/mol. The Morgan fingerprint density at radius 2 is 1.67 bits per heavy atom. The number of hydrogen-bond donors (Lipinski definition) is 1. The molecule has 0 aliphatic heterocycles. The lowest BCUT2D eigenvalue weighted by Gasteiger charge is -2.25. The fraction of sp³-hybridized carbons (Fsp3) is 0.381. The fourth-order valence-corrected chi connectivity index (χ4v) is 5.16. The molecular weight excluding hydrogens is 467 g/mol. The smallest absolute Gasteiger partial charge is 0.241 e. The quantitative estimate of drug-likeness (QED) is 0.569. The maximum Gasteiger partial charge on any atom is 0.241 e. The Hall–Kier alpha value is -1.47. The number of rotatable bonds is 6. The summed E-state index contributed by atoms with van der Waals surface area (Å²) >= 11 is 18.1. The highest BCUT2D eigenvalue weighted by Gasteiger charge is 2.25. The molecule has 0 fully saturated rings.